The molecule has 78 valence electrons. The van der Waals surface area contributed by atoms with Gasteiger partial charge in [0.25, 0.3) is 0 Å². The van der Waals surface area contributed by atoms with Gasteiger partial charge >= 0.3 is 0 Å². The summed E-state index contributed by atoms with van der Waals surface area (Å²) >= 11 is 0. The SMILES string of the molecule is CC.CC.Cc1ccc(C#N)nc1C. The number of hydrogen-bond acceptors (Lipinski definition) is 2. The van der Waals surface area contributed by atoms with Crippen LogP contribution in [0.1, 0.15) is 44.6 Å². The van der Waals surface area contributed by atoms with Crippen LogP contribution in [0.4, 0.5) is 0 Å². The normalized spacial score (nSPS) is 7.21. The molecule has 14 heavy (non-hydrogen) atoms. The van der Waals surface area contributed by atoms with Gasteiger partial charge in [-0.05, 0) is 25.5 Å². The van der Waals surface area contributed by atoms with E-state index < -0.39 is 0 Å². The maximum Gasteiger partial charge on any atom is 0.140 e. The fourth-order valence-corrected chi connectivity index (χ4v) is 0.693. The van der Waals surface area contributed by atoms with Crippen molar-refractivity contribution in [1.29, 1.82) is 5.26 Å². The third-order valence-electron chi connectivity index (χ3n) is 1.46. The van der Waals surface area contributed by atoms with E-state index in [2.05, 4.69) is 4.98 Å². The fraction of sp³-hybridized carbons (Fsp3) is 0.500. The maximum atomic E-state index is 8.44. The van der Waals surface area contributed by atoms with Crippen molar-refractivity contribution in [2.75, 3.05) is 0 Å². The van der Waals surface area contributed by atoms with Gasteiger partial charge in [-0.2, -0.15) is 5.26 Å². The van der Waals surface area contributed by atoms with Crippen molar-refractivity contribution in [3.63, 3.8) is 0 Å². The lowest BCUT2D eigenvalue weighted by molar-refractivity contribution is 1.12. The molecule has 2 heteroatoms. The van der Waals surface area contributed by atoms with Gasteiger partial charge in [-0.1, -0.05) is 33.8 Å². The second kappa shape index (κ2) is 9.73. The van der Waals surface area contributed by atoms with Crippen LogP contribution in [0, 0.1) is 25.2 Å². The molecule has 2 nitrogen and oxygen atoms in total. The predicted octanol–water partition coefficient (Wildman–Crippen LogP) is 3.62. The van der Waals surface area contributed by atoms with E-state index in [4.69, 9.17) is 5.26 Å². The van der Waals surface area contributed by atoms with Crippen LogP contribution in [-0.2, 0) is 0 Å². The van der Waals surface area contributed by atoms with Gasteiger partial charge in [0, 0.05) is 5.69 Å². The highest BCUT2D eigenvalue weighted by molar-refractivity contribution is 5.26. The Labute approximate surface area is 87.6 Å². The van der Waals surface area contributed by atoms with Gasteiger partial charge in [0.15, 0.2) is 0 Å². The molecule has 0 aliphatic rings. The second-order valence-electron chi connectivity index (χ2n) is 2.21. The van der Waals surface area contributed by atoms with Gasteiger partial charge in [0.2, 0.25) is 0 Å². The molecule has 1 rings (SSSR count). The third-order valence-corrected chi connectivity index (χ3v) is 1.46. The molecular formula is C12H20N2. The van der Waals surface area contributed by atoms with Crippen LogP contribution in [0.15, 0.2) is 12.1 Å². The highest BCUT2D eigenvalue weighted by Gasteiger charge is 1.94. The summed E-state index contributed by atoms with van der Waals surface area (Å²) in [7, 11) is 0. The lowest BCUT2D eigenvalue weighted by Gasteiger charge is -1.95. The molecule has 0 N–H and O–H groups in total. The summed E-state index contributed by atoms with van der Waals surface area (Å²) in [5, 5.41) is 8.44. The number of aromatic nitrogens is 1. The maximum absolute atomic E-state index is 8.44. The molecule has 0 spiro atoms. The van der Waals surface area contributed by atoms with E-state index in [0.717, 1.165) is 11.3 Å². The monoisotopic (exact) mass is 192 g/mol. The summed E-state index contributed by atoms with van der Waals surface area (Å²) in [5.41, 5.74) is 2.54. The minimum atomic E-state index is 0.489. The zero-order valence-electron chi connectivity index (χ0n) is 10.0. The number of nitrogens with zero attached hydrogens (tertiary/aromatic N) is 2. The van der Waals surface area contributed by atoms with Crippen molar-refractivity contribution in [3.8, 4) is 6.07 Å². The molecule has 0 saturated heterocycles. The first-order valence-electron chi connectivity index (χ1n) is 5.08. The summed E-state index contributed by atoms with van der Waals surface area (Å²) in [4.78, 5) is 4.03. The first kappa shape index (κ1) is 15.1. The first-order chi connectivity index (χ1) is 6.74. The molecule has 0 bridgehead atoms. The molecule has 1 heterocycles. The molecule has 0 aliphatic carbocycles. The standard InChI is InChI=1S/C8H8N2.2C2H6/c1-6-3-4-8(5-9)10-7(6)2;2*1-2/h3-4H,1-2H3;2*1-2H3. The zero-order chi connectivity index (χ0) is 11.6. The van der Waals surface area contributed by atoms with E-state index in [1.807, 2.05) is 53.7 Å². The number of hydrogen-bond donors (Lipinski definition) is 0. The Bertz CT molecular complexity index is 285. The van der Waals surface area contributed by atoms with Crippen LogP contribution in [0.25, 0.3) is 0 Å². The summed E-state index contributed by atoms with van der Waals surface area (Å²) < 4.78 is 0. The molecule has 0 aromatic carbocycles. The van der Waals surface area contributed by atoms with Crippen LogP contribution in [0.5, 0.6) is 0 Å². The summed E-state index contributed by atoms with van der Waals surface area (Å²) in [6.45, 7) is 11.9. The average Bonchev–Trinajstić information content (AvgIpc) is 2.28. The minimum Gasteiger partial charge on any atom is -0.242 e. The van der Waals surface area contributed by atoms with Crippen molar-refractivity contribution < 1.29 is 0 Å². The predicted molar refractivity (Wildman–Crippen MR) is 61.1 cm³/mol. The second-order valence-corrected chi connectivity index (χ2v) is 2.21. The lowest BCUT2D eigenvalue weighted by Crippen LogP contribution is -1.88. The summed E-state index contributed by atoms with van der Waals surface area (Å²) in [6.07, 6.45) is 0. The Morgan fingerprint density at radius 1 is 1.07 bits per heavy atom. The Morgan fingerprint density at radius 2 is 1.57 bits per heavy atom. The summed E-state index contributed by atoms with van der Waals surface area (Å²) in [6, 6.07) is 5.61. The molecular weight excluding hydrogens is 172 g/mol. The van der Waals surface area contributed by atoms with E-state index in [-0.39, 0.29) is 0 Å². The van der Waals surface area contributed by atoms with Gasteiger partial charge < -0.3 is 0 Å². The Hall–Kier alpha value is -1.36. The summed E-state index contributed by atoms with van der Waals surface area (Å²) in [5.74, 6) is 0. The van der Waals surface area contributed by atoms with Gasteiger partial charge in [-0.3, -0.25) is 0 Å². The Morgan fingerprint density at radius 3 is 1.93 bits per heavy atom. The van der Waals surface area contributed by atoms with Crippen LogP contribution in [-0.4, -0.2) is 4.98 Å². The molecule has 0 atom stereocenters. The molecule has 1 aromatic heterocycles. The largest absolute Gasteiger partial charge is 0.242 e. The van der Waals surface area contributed by atoms with Crippen LogP contribution in [0.2, 0.25) is 0 Å². The Balaban J connectivity index is 0. The highest BCUT2D eigenvalue weighted by Crippen LogP contribution is 2.03. The average molecular weight is 192 g/mol. The van der Waals surface area contributed by atoms with Crippen LogP contribution >= 0.6 is 0 Å². The number of nitriles is 1. The molecule has 0 radical (unpaired) electrons. The molecule has 0 amide bonds. The molecule has 0 unspecified atom stereocenters. The lowest BCUT2D eigenvalue weighted by atomic mass is 10.2. The quantitative estimate of drug-likeness (QED) is 0.629. The van der Waals surface area contributed by atoms with E-state index in [1.165, 1.54) is 0 Å². The van der Waals surface area contributed by atoms with Gasteiger partial charge in [0.05, 0.1) is 0 Å². The van der Waals surface area contributed by atoms with Crippen molar-refractivity contribution >= 4 is 0 Å². The third kappa shape index (κ3) is 5.31. The molecule has 0 aliphatic heterocycles. The zero-order valence-corrected chi connectivity index (χ0v) is 10.0. The van der Waals surface area contributed by atoms with Crippen molar-refractivity contribution in [3.05, 3.63) is 29.1 Å². The number of rotatable bonds is 0. The van der Waals surface area contributed by atoms with Crippen LogP contribution < -0.4 is 0 Å². The molecule has 0 fully saturated rings. The number of aryl methyl sites for hydroxylation is 2. The fourth-order valence-electron chi connectivity index (χ4n) is 0.693. The van der Waals surface area contributed by atoms with E-state index in [9.17, 15) is 0 Å². The topological polar surface area (TPSA) is 36.7 Å². The van der Waals surface area contributed by atoms with E-state index in [1.54, 1.807) is 6.07 Å². The van der Waals surface area contributed by atoms with Crippen molar-refractivity contribution in [2.45, 2.75) is 41.5 Å². The van der Waals surface area contributed by atoms with Crippen LogP contribution in [0.3, 0.4) is 0 Å². The van der Waals surface area contributed by atoms with E-state index >= 15 is 0 Å². The smallest absolute Gasteiger partial charge is 0.140 e. The first-order valence-corrected chi connectivity index (χ1v) is 5.08. The Kier molecular flexibility index (Phi) is 10.5. The molecule has 0 saturated carbocycles. The molecule has 1 aromatic rings. The number of pyridine rings is 1. The van der Waals surface area contributed by atoms with Gasteiger partial charge in [-0.25, -0.2) is 4.98 Å². The van der Waals surface area contributed by atoms with E-state index in [0.29, 0.717) is 5.69 Å². The van der Waals surface area contributed by atoms with Gasteiger partial charge in [0.1, 0.15) is 11.8 Å². The van der Waals surface area contributed by atoms with Crippen molar-refractivity contribution in [2.24, 2.45) is 0 Å². The minimum absolute atomic E-state index is 0.489. The van der Waals surface area contributed by atoms with Crippen molar-refractivity contribution in [1.82, 2.24) is 4.98 Å². The van der Waals surface area contributed by atoms with Gasteiger partial charge in [-0.15, -0.1) is 0 Å². The highest BCUT2D eigenvalue weighted by atomic mass is 14.7.